The number of carbonyl (C=O) groups excluding carboxylic acids is 2. The third-order valence-electron chi connectivity index (χ3n) is 3.82. The van der Waals surface area contributed by atoms with E-state index in [1.165, 1.54) is 19.1 Å². The van der Waals surface area contributed by atoms with E-state index in [4.69, 9.17) is 9.84 Å². The first-order valence-corrected chi connectivity index (χ1v) is 7.41. The van der Waals surface area contributed by atoms with Crippen molar-refractivity contribution in [2.24, 2.45) is 0 Å². The second-order valence-electron chi connectivity index (χ2n) is 5.75. The summed E-state index contributed by atoms with van der Waals surface area (Å²) < 4.78 is 5.47. The van der Waals surface area contributed by atoms with Crippen LogP contribution in [0.5, 0.6) is 0 Å². The summed E-state index contributed by atoms with van der Waals surface area (Å²) in [4.78, 5) is 34.8. The van der Waals surface area contributed by atoms with Crippen molar-refractivity contribution in [3.63, 3.8) is 0 Å². The number of hydrogen-bond donors (Lipinski definition) is 3. The Kier molecular flexibility index (Phi) is 5.00. The molecule has 7 nitrogen and oxygen atoms in total. The SMILES string of the molecule is CC(NC(=O)c1ccc(NC(=O)C2(C)CCCO2)cc1)C(=O)O. The zero-order chi connectivity index (χ0) is 17.0. The number of carbonyl (C=O) groups is 3. The highest BCUT2D eigenvalue weighted by molar-refractivity contribution is 5.99. The predicted octanol–water partition coefficient (Wildman–Crippen LogP) is 1.40. The molecule has 2 rings (SSSR count). The number of carboxylic acids is 1. The van der Waals surface area contributed by atoms with Crippen molar-refractivity contribution in [2.45, 2.75) is 38.3 Å². The van der Waals surface area contributed by atoms with Crippen LogP contribution < -0.4 is 10.6 Å². The highest BCUT2D eigenvalue weighted by Gasteiger charge is 2.37. The summed E-state index contributed by atoms with van der Waals surface area (Å²) in [5, 5.41) is 13.9. The van der Waals surface area contributed by atoms with Gasteiger partial charge in [0.05, 0.1) is 0 Å². The minimum Gasteiger partial charge on any atom is -0.480 e. The molecule has 3 N–H and O–H groups in total. The molecule has 2 atom stereocenters. The Morgan fingerprint density at radius 1 is 1.26 bits per heavy atom. The van der Waals surface area contributed by atoms with E-state index in [9.17, 15) is 14.4 Å². The monoisotopic (exact) mass is 320 g/mol. The summed E-state index contributed by atoms with van der Waals surface area (Å²) in [5.74, 6) is -1.80. The van der Waals surface area contributed by atoms with Crippen LogP contribution in [0.25, 0.3) is 0 Å². The van der Waals surface area contributed by atoms with Crippen molar-refractivity contribution in [2.75, 3.05) is 11.9 Å². The van der Waals surface area contributed by atoms with E-state index < -0.39 is 23.5 Å². The molecular weight excluding hydrogens is 300 g/mol. The van der Waals surface area contributed by atoms with Crippen molar-refractivity contribution < 1.29 is 24.2 Å². The number of aliphatic carboxylic acids is 1. The number of carboxylic acid groups (broad SMARTS) is 1. The highest BCUT2D eigenvalue weighted by atomic mass is 16.5. The molecule has 7 heteroatoms. The van der Waals surface area contributed by atoms with Crippen LogP contribution in [0.2, 0.25) is 0 Å². The quantitative estimate of drug-likeness (QED) is 0.760. The van der Waals surface area contributed by atoms with Crippen LogP contribution in [-0.2, 0) is 14.3 Å². The smallest absolute Gasteiger partial charge is 0.325 e. The Morgan fingerprint density at radius 2 is 1.91 bits per heavy atom. The summed E-state index contributed by atoms with van der Waals surface area (Å²) in [6.45, 7) is 3.71. The Balaban J connectivity index is 1.98. The average molecular weight is 320 g/mol. The van der Waals surface area contributed by atoms with E-state index >= 15 is 0 Å². The summed E-state index contributed by atoms with van der Waals surface area (Å²) >= 11 is 0. The lowest BCUT2D eigenvalue weighted by molar-refractivity contribution is -0.138. The van der Waals surface area contributed by atoms with Gasteiger partial charge in [-0.15, -0.1) is 0 Å². The molecule has 2 unspecified atom stereocenters. The first-order chi connectivity index (χ1) is 10.8. The average Bonchev–Trinajstić information content (AvgIpc) is 2.96. The van der Waals surface area contributed by atoms with Gasteiger partial charge in [-0.2, -0.15) is 0 Å². The van der Waals surface area contributed by atoms with Gasteiger partial charge in [0.1, 0.15) is 11.6 Å². The molecule has 1 aliphatic heterocycles. The van der Waals surface area contributed by atoms with Gasteiger partial charge in [-0.1, -0.05) is 0 Å². The zero-order valence-corrected chi connectivity index (χ0v) is 13.1. The summed E-state index contributed by atoms with van der Waals surface area (Å²) in [6, 6.07) is 5.27. The van der Waals surface area contributed by atoms with E-state index in [1.807, 2.05) is 0 Å². The van der Waals surface area contributed by atoms with Gasteiger partial charge in [-0.05, 0) is 51.0 Å². The Morgan fingerprint density at radius 3 is 2.43 bits per heavy atom. The van der Waals surface area contributed by atoms with Gasteiger partial charge in [0.25, 0.3) is 11.8 Å². The molecule has 124 valence electrons. The number of nitrogens with one attached hydrogen (secondary N) is 2. The first-order valence-electron chi connectivity index (χ1n) is 7.41. The van der Waals surface area contributed by atoms with E-state index in [0.29, 0.717) is 24.3 Å². The van der Waals surface area contributed by atoms with Gasteiger partial charge in [-0.3, -0.25) is 14.4 Å². The Bertz CT molecular complexity index is 605. The Labute approximate surface area is 134 Å². The molecule has 1 heterocycles. The maximum absolute atomic E-state index is 12.2. The second-order valence-corrected chi connectivity index (χ2v) is 5.75. The number of hydrogen-bond acceptors (Lipinski definition) is 4. The molecule has 1 saturated heterocycles. The van der Waals surface area contributed by atoms with Crippen molar-refractivity contribution in [1.29, 1.82) is 0 Å². The maximum Gasteiger partial charge on any atom is 0.325 e. The number of ether oxygens (including phenoxy) is 1. The van der Waals surface area contributed by atoms with Crippen molar-refractivity contribution in [3.8, 4) is 0 Å². The maximum atomic E-state index is 12.2. The molecule has 1 aliphatic rings. The van der Waals surface area contributed by atoms with Gasteiger partial charge in [0.2, 0.25) is 0 Å². The predicted molar refractivity (Wildman–Crippen MR) is 83.2 cm³/mol. The largest absolute Gasteiger partial charge is 0.480 e. The van der Waals surface area contributed by atoms with Crippen LogP contribution in [0.15, 0.2) is 24.3 Å². The number of anilines is 1. The molecule has 1 aromatic rings. The molecule has 1 aromatic carbocycles. The summed E-state index contributed by atoms with van der Waals surface area (Å²) in [7, 11) is 0. The fraction of sp³-hybridized carbons (Fsp3) is 0.438. The van der Waals surface area contributed by atoms with Crippen molar-refractivity contribution >= 4 is 23.5 Å². The molecule has 23 heavy (non-hydrogen) atoms. The van der Waals surface area contributed by atoms with Crippen LogP contribution in [0.3, 0.4) is 0 Å². The second kappa shape index (κ2) is 6.78. The lowest BCUT2D eigenvalue weighted by Crippen LogP contribution is -2.39. The van der Waals surface area contributed by atoms with E-state index in [0.717, 1.165) is 6.42 Å². The normalized spacial score (nSPS) is 21.5. The third kappa shape index (κ3) is 4.07. The zero-order valence-electron chi connectivity index (χ0n) is 13.1. The molecule has 0 spiro atoms. The van der Waals surface area contributed by atoms with Crippen LogP contribution in [0.4, 0.5) is 5.69 Å². The summed E-state index contributed by atoms with van der Waals surface area (Å²) in [6.07, 6.45) is 1.52. The van der Waals surface area contributed by atoms with Crippen LogP contribution >= 0.6 is 0 Å². The molecule has 0 saturated carbocycles. The molecule has 1 fully saturated rings. The van der Waals surface area contributed by atoms with Crippen molar-refractivity contribution in [1.82, 2.24) is 5.32 Å². The Hall–Kier alpha value is -2.41. The van der Waals surface area contributed by atoms with E-state index in [1.54, 1.807) is 19.1 Å². The van der Waals surface area contributed by atoms with E-state index in [-0.39, 0.29) is 5.91 Å². The molecular formula is C16H20N2O5. The molecule has 0 aliphatic carbocycles. The standard InChI is InChI=1S/C16H20N2O5/c1-10(14(20)21)17-13(19)11-4-6-12(7-5-11)18-15(22)16(2)8-3-9-23-16/h4-7,10H,3,8-9H2,1-2H3,(H,17,19)(H,18,22)(H,20,21). The lowest BCUT2D eigenvalue weighted by atomic mass is 10.0. The molecule has 0 aromatic heterocycles. The van der Waals surface area contributed by atoms with E-state index in [2.05, 4.69) is 10.6 Å². The number of amides is 2. The first kappa shape index (κ1) is 17.0. The highest BCUT2D eigenvalue weighted by Crippen LogP contribution is 2.26. The van der Waals surface area contributed by atoms with Gasteiger partial charge in [-0.25, -0.2) is 0 Å². The fourth-order valence-electron chi connectivity index (χ4n) is 2.27. The molecule has 0 radical (unpaired) electrons. The third-order valence-corrected chi connectivity index (χ3v) is 3.82. The van der Waals surface area contributed by atoms with Gasteiger partial charge in [0.15, 0.2) is 0 Å². The van der Waals surface area contributed by atoms with Crippen LogP contribution in [0, 0.1) is 0 Å². The van der Waals surface area contributed by atoms with Crippen LogP contribution in [0.1, 0.15) is 37.0 Å². The molecule has 2 amide bonds. The number of rotatable bonds is 5. The number of benzene rings is 1. The topological polar surface area (TPSA) is 105 Å². The van der Waals surface area contributed by atoms with Gasteiger partial charge < -0.3 is 20.5 Å². The van der Waals surface area contributed by atoms with Crippen molar-refractivity contribution in [3.05, 3.63) is 29.8 Å². The van der Waals surface area contributed by atoms with Crippen LogP contribution in [-0.4, -0.2) is 41.1 Å². The summed E-state index contributed by atoms with van der Waals surface area (Å²) in [5.41, 5.74) is 0.0569. The minimum absolute atomic E-state index is 0.216. The van der Waals surface area contributed by atoms with Gasteiger partial charge >= 0.3 is 5.97 Å². The lowest BCUT2D eigenvalue weighted by Gasteiger charge is -2.21. The minimum atomic E-state index is -1.10. The molecule has 0 bridgehead atoms. The van der Waals surface area contributed by atoms with Gasteiger partial charge in [0, 0.05) is 17.9 Å². The fourth-order valence-corrected chi connectivity index (χ4v) is 2.27.